The lowest BCUT2D eigenvalue weighted by Crippen LogP contribution is -2.57. The summed E-state index contributed by atoms with van der Waals surface area (Å²) in [6.45, 7) is 5.23. The molecule has 1 amide bonds. The van der Waals surface area contributed by atoms with Crippen molar-refractivity contribution in [1.82, 2.24) is 0 Å². The third-order valence-electron chi connectivity index (χ3n) is 3.71. The minimum absolute atomic E-state index is 0.159. The Morgan fingerprint density at radius 2 is 1.96 bits per heavy atom. The lowest BCUT2D eigenvalue weighted by molar-refractivity contribution is -0.148. The summed E-state index contributed by atoms with van der Waals surface area (Å²) in [7, 11) is 1.24. The van der Waals surface area contributed by atoms with Crippen molar-refractivity contribution in [3.63, 3.8) is 0 Å². The quantitative estimate of drug-likeness (QED) is 0.632. The van der Waals surface area contributed by atoms with Crippen molar-refractivity contribution in [2.45, 2.75) is 44.8 Å². The van der Waals surface area contributed by atoms with Gasteiger partial charge in [-0.05, 0) is 32.4 Å². The highest BCUT2D eigenvalue weighted by Gasteiger charge is 2.54. The van der Waals surface area contributed by atoms with Crippen molar-refractivity contribution >= 4 is 24.0 Å². The molecule has 0 bridgehead atoms. The molecule has 1 aliphatic heterocycles. The average Bonchev–Trinajstić information content (AvgIpc) is 2.80. The minimum atomic E-state index is -1.40. The predicted octanol–water partition coefficient (Wildman–Crippen LogP) is 2.49. The molecule has 6 heteroatoms. The van der Waals surface area contributed by atoms with Crippen LogP contribution in [0.15, 0.2) is 24.3 Å². The van der Waals surface area contributed by atoms with Gasteiger partial charge in [0.1, 0.15) is 11.9 Å². The average molecular weight is 319 g/mol. The highest BCUT2D eigenvalue weighted by Crippen LogP contribution is 2.42. The van der Waals surface area contributed by atoms with E-state index in [1.165, 1.54) is 12.0 Å². The molecule has 1 aliphatic rings. The molecule has 0 aliphatic carbocycles. The van der Waals surface area contributed by atoms with Gasteiger partial charge in [-0.2, -0.15) is 0 Å². The Kier molecular flexibility index (Phi) is 4.45. The van der Waals surface area contributed by atoms with Crippen molar-refractivity contribution in [3.8, 4) is 0 Å². The maximum atomic E-state index is 12.7. The van der Waals surface area contributed by atoms with Crippen LogP contribution < -0.4 is 4.90 Å². The van der Waals surface area contributed by atoms with Crippen LogP contribution in [0.1, 0.15) is 32.8 Å². The normalized spacial score (nSPS) is 19.9. The SMILES string of the molecule is COC(=O)C1(CC=O)Cc2ccccc2N1C(=O)OC(C)(C)C. The van der Waals surface area contributed by atoms with Crippen molar-refractivity contribution in [1.29, 1.82) is 0 Å². The smallest absolute Gasteiger partial charge is 0.415 e. The summed E-state index contributed by atoms with van der Waals surface area (Å²) in [5, 5.41) is 0. The van der Waals surface area contributed by atoms with Crippen LogP contribution in [0.25, 0.3) is 0 Å². The molecular formula is C17H21NO5. The number of para-hydroxylation sites is 1. The van der Waals surface area contributed by atoms with E-state index < -0.39 is 23.2 Å². The molecule has 0 spiro atoms. The van der Waals surface area contributed by atoms with E-state index in [9.17, 15) is 14.4 Å². The zero-order chi connectivity index (χ0) is 17.3. The number of rotatable bonds is 3. The topological polar surface area (TPSA) is 72.9 Å². The molecule has 2 rings (SSSR count). The van der Waals surface area contributed by atoms with Gasteiger partial charge >= 0.3 is 12.1 Å². The summed E-state index contributed by atoms with van der Waals surface area (Å²) in [6, 6.07) is 7.14. The van der Waals surface area contributed by atoms with Gasteiger partial charge in [0, 0.05) is 12.8 Å². The van der Waals surface area contributed by atoms with Gasteiger partial charge in [0.15, 0.2) is 5.54 Å². The summed E-state index contributed by atoms with van der Waals surface area (Å²) < 4.78 is 10.3. The van der Waals surface area contributed by atoms with E-state index in [0.717, 1.165) is 5.56 Å². The number of fused-ring (bicyclic) bond motifs is 1. The number of carbonyl (C=O) groups excluding carboxylic acids is 3. The summed E-state index contributed by atoms with van der Waals surface area (Å²) in [5.74, 6) is -0.633. The van der Waals surface area contributed by atoms with E-state index in [2.05, 4.69) is 0 Å². The van der Waals surface area contributed by atoms with Crippen LogP contribution in [0.4, 0.5) is 10.5 Å². The highest BCUT2D eigenvalue weighted by atomic mass is 16.6. The third-order valence-corrected chi connectivity index (χ3v) is 3.71. The molecule has 0 fully saturated rings. The molecule has 0 saturated carbocycles. The first-order valence-corrected chi connectivity index (χ1v) is 7.38. The molecule has 1 aromatic carbocycles. The number of anilines is 1. The number of aldehydes is 1. The number of methoxy groups -OCH3 is 1. The number of amides is 1. The van der Waals surface area contributed by atoms with E-state index in [1.807, 2.05) is 12.1 Å². The van der Waals surface area contributed by atoms with Gasteiger partial charge < -0.3 is 14.3 Å². The maximum absolute atomic E-state index is 12.7. The van der Waals surface area contributed by atoms with Crippen LogP contribution >= 0.6 is 0 Å². The first-order valence-electron chi connectivity index (χ1n) is 7.38. The van der Waals surface area contributed by atoms with Crippen molar-refractivity contribution in [2.24, 2.45) is 0 Å². The largest absolute Gasteiger partial charge is 0.467 e. The van der Waals surface area contributed by atoms with Gasteiger partial charge in [-0.3, -0.25) is 4.90 Å². The molecule has 0 aromatic heterocycles. The third kappa shape index (κ3) is 3.06. The summed E-state index contributed by atoms with van der Waals surface area (Å²) in [5.41, 5.74) is -0.764. The minimum Gasteiger partial charge on any atom is -0.467 e. The van der Waals surface area contributed by atoms with Crippen LogP contribution in [-0.2, 0) is 25.5 Å². The maximum Gasteiger partial charge on any atom is 0.415 e. The number of ether oxygens (including phenoxy) is 2. The van der Waals surface area contributed by atoms with Crippen molar-refractivity contribution in [2.75, 3.05) is 12.0 Å². The van der Waals surface area contributed by atoms with E-state index in [4.69, 9.17) is 9.47 Å². The molecule has 0 radical (unpaired) electrons. The predicted molar refractivity (Wildman–Crippen MR) is 84.3 cm³/mol. The Balaban J connectivity index is 2.55. The molecule has 1 aromatic rings. The van der Waals surface area contributed by atoms with Gasteiger partial charge in [0.05, 0.1) is 12.8 Å². The van der Waals surface area contributed by atoms with Gasteiger partial charge in [-0.25, -0.2) is 9.59 Å². The number of nitrogens with zero attached hydrogens (tertiary/aromatic N) is 1. The van der Waals surface area contributed by atoms with Crippen LogP contribution in [-0.4, -0.2) is 36.6 Å². The second-order valence-electron chi connectivity index (χ2n) is 6.52. The first kappa shape index (κ1) is 17.0. The molecule has 1 unspecified atom stereocenters. The zero-order valence-corrected chi connectivity index (χ0v) is 13.8. The molecule has 1 heterocycles. The molecule has 6 nitrogen and oxygen atoms in total. The molecule has 124 valence electrons. The Hall–Kier alpha value is -2.37. The van der Waals surface area contributed by atoms with E-state index in [0.29, 0.717) is 12.0 Å². The van der Waals surface area contributed by atoms with Gasteiger partial charge in [-0.15, -0.1) is 0 Å². The number of benzene rings is 1. The van der Waals surface area contributed by atoms with Gasteiger partial charge in [-0.1, -0.05) is 18.2 Å². The molecular weight excluding hydrogens is 298 g/mol. The van der Waals surface area contributed by atoms with Gasteiger partial charge in [0.2, 0.25) is 0 Å². The number of hydrogen-bond acceptors (Lipinski definition) is 5. The molecule has 0 saturated heterocycles. The second-order valence-corrected chi connectivity index (χ2v) is 6.52. The number of hydrogen-bond donors (Lipinski definition) is 0. The van der Waals surface area contributed by atoms with E-state index in [-0.39, 0.29) is 12.8 Å². The summed E-state index contributed by atoms with van der Waals surface area (Å²) in [4.78, 5) is 37.6. The summed E-state index contributed by atoms with van der Waals surface area (Å²) in [6.07, 6.45) is 0.0106. The molecule has 23 heavy (non-hydrogen) atoms. The number of carbonyl (C=O) groups is 3. The Labute approximate surface area is 135 Å². The Morgan fingerprint density at radius 3 is 2.52 bits per heavy atom. The first-order chi connectivity index (χ1) is 10.7. The van der Waals surface area contributed by atoms with Crippen LogP contribution in [0.5, 0.6) is 0 Å². The van der Waals surface area contributed by atoms with Crippen LogP contribution in [0.2, 0.25) is 0 Å². The fraction of sp³-hybridized carbons (Fsp3) is 0.471. The van der Waals surface area contributed by atoms with Crippen LogP contribution in [0, 0.1) is 0 Å². The lowest BCUT2D eigenvalue weighted by Gasteiger charge is -2.35. The molecule has 1 atom stereocenters. The monoisotopic (exact) mass is 319 g/mol. The fourth-order valence-electron chi connectivity index (χ4n) is 2.82. The molecule has 0 N–H and O–H groups in total. The highest BCUT2D eigenvalue weighted by molar-refractivity contribution is 6.03. The van der Waals surface area contributed by atoms with Gasteiger partial charge in [0.25, 0.3) is 0 Å². The van der Waals surface area contributed by atoms with Crippen molar-refractivity contribution in [3.05, 3.63) is 29.8 Å². The number of esters is 1. The second kappa shape index (κ2) is 6.02. The van der Waals surface area contributed by atoms with E-state index >= 15 is 0 Å². The Morgan fingerprint density at radius 1 is 1.30 bits per heavy atom. The fourth-order valence-corrected chi connectivity index (χ4v) is 2.82. The van der Waals surface area contributed by atoms with Crippen LogP contribution in [0.3, 0.4) is 0 Å². The standard InChI is InChI=1S/C17H21NO5/c1-16(2,3)23-15(21)18-13-8-6-5-7-12(13)11-17(18,9-10-19)14(20)22-4/h5-8,10H,9,11H2,1-4H3. The zero-order valence-electron chi connectivity index (χ0n) is 13.8. The van der Waals surface area contributed by atoms with E-state index in [1.54, 1.807) is 32.9 Å². The summed E-state index contributed by atoms with van der Waals surface area (Å²) >= 11 is 0. The van der Waals surface area contributed by atoms with Crippen molar-refractivity contribution < 1.29 is 23.9 Å². The lowest BCUT2D eigenvalue weighted by atomic mass is 9.91. The Bertz CT molecular complexity index is 634.